The van der Waals surface area contributed by atoms with Crippen LogP contribution in [0.1, 0.15) is 38.5 Å². The average Bonchev–Trinajstić information content (AvgIpc) is 2.65. The van der Waals surface area contributed by atoms with Crippen molar-refractivity contribution in [3.63, 3.8) is 0 Å². The number of pyridine rings is 1. The topological polar surface area (TPSA) is 59.3 Å². The Balaban J connectivity index is 2.21. The molecule has 19 heavy (non-hydrogen) atoms. The van der Waals surface area contributed by atoms with Gasteiger partial charge in [0.05, 0.1) is 17.1 Å². The minimum atomic E-state index is -0.433. The Kier molecular flexibility index (Phi) is 4.58. The van der Waals surface area contributed by atoms with Crippen LogP contribution < -0.4 is 4.90 Å². The van der Waals surface area contributed by atoms with Gasteiger partial charge in [0.15, 0.2) is 0 Å². The summed E-state index contributed by atoms with van der Waals surface area (Å²) >= 11 is 5.87. The summed E-state index contributed by atoms with van der Waals surface area (Å²) in [7, 11) is 1.94. The average molecular weight is 284 g/mol. The van der Waals surface area contributed by atoms with Crippen molar-refractivity contribution in [3.8, 4) is 0 Å². The largest absolute Gasteiger partial charge is 0.356 e. The molecule has 0 spiro atoms. The zero-order valence-electron chi connectivity index (χ0n) is 11.0. The summed E-state index contributed by atoms with van der Waals surface area (Å²) in [5.74, 6) is 0.589. The van der Waals surface area contributed by atoms with E-state index >= 15 is 0 Å². The third kappa shape index (κ3) is 3.56. The number of rotatable bonds is 3. The highest BCUT2D eigenvalue weighted by Crippen LogP contribution is 2.28. The van der Waals surface area contributed by atoms with E-state index in [1.54, 1.807) is 0 Å². The van der Waals surface area contributed by atoms with Crippen LogP contribution in [0.2, 0.25) is 5.15 Å². The van der Waals surface area contributed by atoms with E-state index in [2.05, 4.69) is 4.98 Å². The third-order valence-corrected chi connectivity index (χ3v) is 3.90. The lowest BCUT2D eigenvalue weighted by atomic mass is 10.1. The molecule has 1 aromatic heterocycles. The molecule has 6 heteroatoms. The maximum absolute atomic E-state index is 10.9. The number of nitro groups is 1. The summed E-state index contributed by atoms with van der Waals surface area (Å²) in [4.78, 5) is 16.7. The van der Waals surface area contributed by atoms with Gasteiger partial charge in [-0.15, -0.1) is 0 Å². The van der Waals surface area contributed by atoms with E-state index in [0.717, 1.165) is 12.8 Å². The number of anilines is 1. The molecule has 1 fully saturated rings. The summed E-state index contributed by atoms with van der Waals surface area (Å²) in [5, 5.41) is 11.0. The Morgan fingerprint density at radius 3 is 2.53 bits per heavy atom. The predicted octanol–water partition coefficient (Wildman–Crippen LogP) is 3.80. The van der Waals surface area contributed by atoms with Gasteiger partial charge in [-0.2, -0.15) is 0 Å². The summed E-state index contributed by atoms with van der Waals surface area (Å²) < 4.78 is 0. The molecule has 2 rings (SSSR count). The molecule has 1 heterocycles. The highest BCUT2D eigenvalue weighted by molar-refractivity contribution is 6.29. The molecule has 0 aliphatic heterocycles. The first-order valence-electron chi connectivity index (χ1n) is 6.63. The Morgan fingerprint density at radius 2 is 1.95 bits per heavy atom. The van der Waals surface area contributed by atoms with Gasteiger partial charge in [-0.3, -0.25) is 10.1 Å². The molecule has 0 aromatic carbocycles. The second-order valence-corrected chi connectivity index (χ2v) is 5.41. The van der Waals surface area contributed by atoms with Crippen molar-refractivity contribution < 1.29 is 4.92 Å². The van der Waals surface area contributed by atoms with Crippen molar-refractivity contribution in [2.75, 3.05) is 11.9 Å². The molecule has 104 valence electrons. The molecule has 0 bridgehead atoms. The van der Waals surface area contributed by atoms with Gasteiger partial charge in [-0.25, -0.2) is 4.98 Å². The standard InChI is InChI=1S/C13H18ClN3O2/c1-16(10-6-4-2-3-5-7-10)13-9-11(17(18)19)8-12(14)15-13/h8-10H,2-7H2,1H3. The fourth-order valence-corrected chi connectivity index (χ4v) is 2.79. The Morgan fingerprint density at radius 1 is 1.32 bits per heavy atom. The fraction of sp³-hybridized carbons (Fsp3) is 0.615. The van der Waals surface area contributed by atoms with E-state index < -0.39 is 4.92 Å². The van der Waals surface area contributed by atoms with Crippen molar-refractivity contribution in [2.24, 2.45) is 0 Å². The van der Waals surface area contributed by atoms with E-state index in [4.69, 9.17) is 11.6 Å². The molecule has 0 N–H and O–H groups in total. The number of halogens is 1. The van der Waals surface area contributed by atoms with Crippen LogP contribution in [0.15, 0.2) is 12.1 Å². The van der Waals surface area contributed by atoms with Crippen LogP contribution in [0.4, 0.5) is 11.5 Å². The van der Waals surface area contributed by atoms with E-state index in [0.29, 0.717) is 11.9 Å². The minimum Gasteiger partial charge on any atom is -0.356 e. The highest BCUT2D eigenvalue weighted by atomic mass is 35.5. The minimum absolute atomic E-state index is 0.00419. The van der Waals surface area contributed by atoms with Crippen LogP contribution in [0.5, 0.6) is 0 Å². The van der Waals surface area contributed by atoms with Crippen molar-refractivity contribution >= 4 is 23.1 Å². The van der Waals surface area contributed by atoms with Crippen LogP contribution in [0, 0.1) is 10.1 Å². The third-order valence-electron chi connectivity index (χ3n) is 3.71. The van der Waals surface area contributed by atoms with E-state index in [-0.39, 0.29) is 10.8 Å². The molecule has 0 amide bonds. The van der Waals surface area contributed by atoms with Crippen LogP contribution in [0.3, 0.4) is 0 Å². The molecule has 1 aromatic rings. The second kappa shape index (κ2) is 6.19. The molecule has 0 atom stereocenters. The van der Waals surface area contributed by atoms with Crippen LogP contribution in [-0.2, 0) is 0 Å². The zero-order valence-corrected chi connectivity index (χ0v) is 11.8. The lowest BCUT2D eigenvalue weighted by Crippen LogP contribution is -2.31. The Hall–Kier alpha value is -1.36. The molecule has 1 aliphatic carbocycles. The maximum Gasteiger partial charge on any atom is 0.276 e. The van der Waals surface area contributed by atoms with Crippen molar-refractivity contribution in [1.82, 2.24) is 4.98 Å². The maximum atomic E-state index is 10.9. The van der Waals surface area contributed by atoms with E-state index in [1.165, 1.54) is 37.8 Å². The Bertz CT molecular complexity index is 459. The van der Waals surface area contributed by atoms with Crippen molar-refractivity contribution in [3.05, 3.63) is 27.4 Å². The number of hydrogen-bond acceptors (Lipinski definition) is 4. The summed E-state index contributed by atoms with van der Waals surface area (Å²) in [6, 6.07) is 3.18. The van der Waals surface area contributed by atoms with Crippen molar-refractivity contribution in [1.29, 1.82) is 0 Å². The second-order valence-electron chi connectivity index (χ2n) is 5.02. The van der Waals surface area contributed by atoms with Crippen LogP contribution in [0.25, 0.3) is 0 Å². The van der Waals surface area contributed by atoms with Crippen LogP contribution >= 0.6 is 11.6 Å². The van der Waals surface area contributed by atoms with Gasteiger partial charge in [0.2, 0.25) is 0 Å². The molecular formula is C13H18ClN3O2. The first-order chi connectivity index (χ1) is 9.08. The lowest BCUT2D eigenvalue weighted by molar-refractivity contribution is -0.384. The SMILES string of the molecule is CN(c1cc([N+](=O)[O-])cc(Cl)n1)C1CCCCCC1. The van der Waals surface area contributed by atoms with Gasteiger partial charge >= 0.3 is 0 Å². The molecule has 1 aliphatic rings. The first-order valence-corrected chi connectivity index (χ1v) is 7.00. The highest BCUT2D eigenvalue weighted by Gasteiger charge is 2.20. The van der Waals surface area contributed by atoms with E-state index in [1.807, 2.05) is 11.9 Å². The smallest absolute Gasteiger partial charge is 0.276 e. The van der Waals surface area contributed by atoms with Gasteiger partial charge < -0.3 is 4.90 Å². The summed E-state index contributed by atoms with van der Waals surface area (Å²) in [5.41, 5.74) is -0.00419. The number of nitrogens with zero attached hydrogens (tertiary/aromatic N) is 3. The van der Waals surface area contributed by atoms with Gasteiger partial charge in [-0.1, -0.05) is 37.3 Å². The summed E-state index contributed by atoms with van der Waals surface area (Å²) in [6.07, 6.45) is 7.17. The first kappa shape index (κ1) is 14.1. The molecule has 0 saturated heterocycles. The quantitative estimate of drug-likeness (QED) is 0.366. The molecular weight excluding hydrogens is 266 g/mol. The van der Waals surface area contributed by atoms with Gasteiger partial charge in [-0.05, 0) is 12.8 Å². The zero-order chi connectivity index (χ0) is 13.8. The summed E-state index contributed by atoms with van der Waals surface area (Å²) in [6.45, 7) is 0. The normalized spacial score (nSPS) is 16.9. The monoisotopic (exact) mass is 283 g/mol. The van der Waals surface area contributed by atoms with Gasteiger partial charge in [0.1, 0.15) is 11.0 Å². The van der Waals surface area contributed by atoms with Gasteiger partial charge in [0.25, 0.3) is 5.69 Å². The molecule has 5 nitrogen and oxygen atoms in total. The lowest BCUT2D eigenvalue weighted by Gasteiger charge is -2.28. The molecule has 0 radical (unpaired) electrons. The van der Waals surface area contributed by atoms with E-state index in [9.17, 15) is 10.1 Å². The number of hydrogen-bond donors (Lipinski definition) is 0. The van der Waals surface area contributed by atoms with Crippen LogP contribution in [-0.4, -0.2) is 23.0 Å². The van der Waals surface area contributed by atoms with Crippen molar-refractivity contribution in [2.45, 2.75) is 44.6 Å². The van der Waals surface area contributed by atoms with Gasteiger partial charge in [0, 0.05) is 13.1 Å². The Labute approximate surface area is 117 Å². The molecule has 0 unspecified atom stereocenters. The predicted molar refractivity (Wildman–Crippen MR) is 75.8 cm³/mol. The fourth-order valence-electron chi connectivity index (χ4n) is 2.59. The molecule has 1 saturated carbocycles. The number of aromatic nitrogens is 1.